The van der Waals surface area contributed by atoms with Crippen LogP contribution in [0.15, 0.2) is 24.3 Å². The summed E-state index contributed by atoms with van der Waals surface area (Å²) < 4.78 is 5.45. The largest absolute Gasteiger partial charge is 0.444 e. The van der Waals surface area contributed by atoms with Crippen molar-refractivity contribution in [1.82, 2.24) is 4.90 Å². The topological polar surface area (TPSA) is 29.5 Å². The molecule has 1 amide bonds. The van der Waals surface area contributed by atoms with Crippen molar-refractivity contribution in [2.45, 2.75) is 53.1 Å². The minimum absolute atomic E-state index is 0.216. The summed E-state index contributed by atoms with van der Waals surface area (Å²) in [5.41, 5.74) is 2.07. The average molecular weight is 277 g/mol. The lowest BCUT2D eigenvalue weighted by molar-refractivity contribution is 0.0252. The fourth-order valence-corrected chi connectivity index (χ4v) is 1.91. The van der Waals surface area contributed by atoms with Crippen molar-refractivity contribution in [1.29, 1.82) is 0 Å². The van der Waals surface area contributed by atoms with Gasteiger partial charge in [0.25, 0.3) is 0 Å². The first-order valence-electron chi connectivity index (χ1n) is 7.35. The predicted octanol–water partition coefficient (Wildman–Crippen LogP) is 4.18. The van der Waals surface area contributed by atoms with Crippen LogP contribution in [-0.2, 0) is 11.2 Å². The number of carbonyl (C=O) groups excluding carboxylic acids is 1. The summed E-state index contributed by atoms with van der Waals surface area (Å²) in [5, 5.41) is 0. The van der Waals surface area contributed by atoms with Crippen molar-refractivity contribution in [3.63, 3.8) is 0 Å². The van der Waals surface area contributed by atoms with E-state index in [2.05, 4.69) is 38.1 Å². The molecule has 0 aliphatic rings. The molecule has 0 atom stereocenters. The Morgan fingerprint density at radius 3 is 2.25 bits per heavy atom. The number of benzene rings is 1. The van der Waals surface area contributed by atoms with E-state index in [1.165, 1.54) is 11.1 Å². The predicted molar refractivity (Wildman–Crippen MR) is 83.0 cm³/mol. The van der Waals surface area contributed by atoms with Gasteiger partial charge in [0.15, 0.2) is 0 Å². The first-order chi connectivity index (χ1) is 9.31. The van der Waals surface area contributed by atoms with E-state index in [0.717, 1.165) is 19.4 Å². The highest BCUT2D eigenvalue weighted by molar-refractivity contribution is 5.68. The highest BCUT2D eigenvalue weighted by Crippen LogP contribution is 2.11. The van der Waals surface area contributed by atoms with Crippen LogP contribution < -0.4 is 0 Å². The highest BCUT2D eigenvalue weighted by atomic mass is 16.6. The van der Waals surface area contributed by atoms with E-state index in [1.54, 1.807) is 4.90 Å². The maximum absolute atomic E-state index is 12.1. The number of hydrogen-bond donors (Lipinski definition) is 0. The van der Waals surface area contributed by atoms with Crippen LogP contribution in [0.5, 0.6) is 0 Å². The van der Waals surface area contributed by atoms with Gasteiger partial charge in [0.05, 0.1) is 0 Å². The van der Waals surface area contributed by atoms with Crippen LogP contribution >= 0.6 is 0 Å². The van der Waals surface area contributed by atoms with Crippen LogP contribution in [0.3, 0.4) is 0 Å². The lowest BCUT2D eigenvalue weighted by atomic mass is 10.1. The summed E-state index contributed by atoms with van der Waals surface area (Å²) in [4.78, 5) is 13.9. The van der Waals surface area contributed by atoms with Gasteiger partial charge >= 0.3 is 6.09 Å². The Morgan fingerprint density at radius 1 is 1.15 bits per heavy atom. The molecule has 112 valence electrons. The van der Waals surface area contributed by atoms with Crippen LogP contribution in [0.2, 0.25) is 0 Å². The van der Waals surface area contributed by atoms with Crippen LogP contribution in [0.25, 0.3) is 0 Å². The summed E-state index contributed by atoms with van der Waals surface area (Å²) in [6, 6.07) is 8.45. The van der Waals surface area contributed by atoms with E-state index in [0.29, 0.717) is 6.54 Å². The molecule has 0 spiro atoms. The SMILES string of the molecule is CCCN(CCc1ccc(C)cc1)C(=O)OC(C)(C)C. The van der Waals surface area contributed by atoms with Gasteiger partial charge in [0.1, 0.15) is 5.60 Å². The molecule has 1 aromatic rings. The van der Waals surface area contributed by atoms with Gasteiger partial charge in [0, 0.05) is 13.1 Å². The lowest BCUT2D eigenvalue weighted by Crippen LogP contribution is -2.38. The molecule has 0 aromatic heterocycles. The summed E-state index contributed by atoms with van der Waals surface area (Å²) in [7, 11) is 0. The minimum atomic E-state index is -0.438. The quantitative estimate of drug-likeness (QED) is 0.808. The van der Waals surface area contributed by atoms with E-state index in [-0.39, 0.29) is 6.09 Å². The molecule has 0 aliphatic carbocycles. The number of aryl methyl sites for hydroxylation is 1. The van der Waals surface area contributed by atoms with Gasteiger partial charge in [-0.3, -0.25) is 0 Å². The minimum Gasteiger partial charge on any atom is -0.444 e. The van der Waals surface area contributed by atoms with Crippen LogP contribution in [0.1, 0.15) is 45.2 Å². The molecule has 3 nitrogen and oxygen atoms in total. The summed E-state index contributed by atoms with van der Waals surface area (Å²) >= 11 is 0. The normalized spacial score (nSPS) is 11.2. The molecule has 1 rings (SSSR count). The third-order valence-corrected chi connectivity index (χ3v) is 2.94. The highest BCUT2D eigenvalue weighted by Gasteiger charge is 2.21. The molecule has 0 bridgehead atoms. The first kappa shape index (κ1) is 16.5. The summed E-state index contributed by atoms with van der Waals surface area (Å²) in [6.45, 7) is 11.3. The van der Waals surface area contributed by atoms with Crippen molar-refractivity contribution < 1.29 is 9.53 Å². The molecule has 0 N–H and O–H groups in total. The number of rotatable bonds is 5. The van der Waals surface area contributed by atoms with E-state index in [1.807, 2.05) is 20.8 Å². The van der Waals surface area contributed by atoms with Crippen molar-refractivity contribution >= 4 is 6.09 Å². The Morgan fingerprint density at radius 2 is 1.75 bits per heavy atom. The Labute approximate surface area is 122 Å². The summed E-state index contributed by atoms with van der Waals surface area (Å²) in [6.07, 6.45) is 1.58. The van der Waals surface area contributed by atoms with E-state index in [9.17, 15) is 4.79 Å². The fraction of sp³-hybridized carbons (Fsp3) is 0.588. The van der Waals surface area contributed by atoms with Gasteiger partial charge in [-0.15, -0.1) is 0 Å². The Balaban J connectivity index is 2.58. The summed E-state index contributed by atoms with van der Waals surface area (Å²) in [5.74, 6) is 0. The van der Waals surface area contributed by atoms with Crippen molar-refractivity contribution in [2.75, 3.05) is 13.1 Å². The average Bonchev–Trinajstić information content (AvgIpc) is 2.34. The number of hydrogen-bond acceptors (Lipinski definition) is 2. The monoisotopic (exact) mass is 277 g/mol. The third kappa shape index (κ3) is 6.09. The van der Waals surface area contributed by atoms with Crippen LogP contribution in [-0.4, -0.2) is 29.7 Å². The van der Waals surface area contributed by atoms with E-state index >= 15 is 0 Å². The zero-order chi connectivity index (χ0) is 15.2. The standard InChI is InChI=1S/C17H27NO2/c1-6-12-18(16(19)20-17(3,4)5)13-11-15-9-7-14(2)8-10-15/h7-10H,6,11-13H2,1-5H3. The lowest BCUT2D eigenvalue weighted by Gasteiger charge is -2.27. The molecular formula is C17H27NO2. The van der Waals surface area contributed by atoms with Crippen molar-refractivity contribution in [3.8, 4) is 0 Å². The van der Waals surface area contributed by atoms with Crippen LogP contribution in [0, 0.1) is 6.92 Å². The van der Waals surface area contributed by atoms with E-state index in [4.69, 9.17) is 4.74 Å². The molecule has 0 aliphatic heterocycles. The Hall–Kier alpha value is -1.51. The first-order valence-corrected chi connectivity index (χ1v) is 7.35. The zero-order valence-corrected chi connectivity index (χ0v) is 13.4. The molecule has 0 unspecified atom stereocenters. The maximum Gasteiger partial charge on any atom is 0.410 e. The number of carbonyl (C=O) groups is 1. The second-order valence-corrected chi connectivity index (χ2v) is 6.20. The molecule has 0 heterocycles. The zero-order valence-electron chi connectivity index (χ0n) is 13.4. The number of amides is 1. The molecule has 0 fully saturated rings. The van der Waals surface area contributed by atoms with Gasteiger partial charge in [0.2, 0.25) is 0 Å². The van der Waals surface area contributed by atoms with Crippen molar-refractivity contribution in [3.05, 3.63) is 35.4 Å². The Bertz CT molecular complexity index is 418. The van der Waals surface area contributed by atoms with E-state index < -0.39 is 5.60 Å². The van der Waals surface area contributed by atoms with Gasteiger partial charge in [-0.05, 0) is 46.1 Å². The van der Waals surface area contributed by atoms with Gasteiger partial charge in [-0.2, -0.15) is 0 Å². The Kier molecular flexibility index (Phi) is 6.05. The smallest absolute Gasteiger partial charge is 0.410 e. The van der Waals surface area contributed by atoms with Gasteiger partial charge < -0.3 is 9.64 Å². The third-order valence-electron chi connectivity index (χ3n) is 2.94. The number of nitrogens with zero attached hydrogens (tertiary/aromatic N) is 1. The second kappa shape index (κ2) is 7.32. The maximum atomic E-state index is 12.1. The molecule has 0 saturated heterocycles. The molecule has 1 aromatic carbocycles. The molecule has 20 heavy (non-hydrogen) atoms. The molecular weight excluding hydrogens is 250 g/mol. The van der Waals surface area contributed by atoms with Gasteiger partial charge in [-0.25, -0.2) is 4.79 Å². The molecule has 0 saturated carbocycles. The fourth-order valence-electron chi connectivity index (χ4n) is 1.91. The second-order valence-electron chi connectivity index (χ2n) is 6.20. The van der Waals surface area contributed by atoms with Crippen LogP contribution in [0.4, 0.5) is 4.79 Å². The molecule has 0 radical (unpaired) electrons. The number of ether oxygens (including phenoxy) is 1. The van der Waals surface area contributed by atoms with Gasteiger partial charge in [-0.1, -0.05) is 36.8 Å². The van der Waals surface area contributed by atoms with Crippen molar-refractivity contribution in [2.24, 2.45) is 0 Å². The molecule has 3 heteroatoms.